The van der Waals surface area contributed by atoms with E-state index in [-0.39, 0.29) is 11.7 Å². The Morgan fingerprint density at radius 2 is 1.70 bits per heavy atom. The van der Waals surface area contributed by atoms with Gasteiger partial charge in [0.25, 0.3) is 5.91 Å². The largest absolute Gasteiger partial charge is 0.480 e. The second-order valence-electron chi connectivity index (χ2n) is 4.85. The molecule has 1 aromatic rings. The summed E-state index contributed by atoms with van der Waals surface area (Å²) in [5.41, 5.74) is 0.450. The maximum Gasteiger partial charge on any atom is 0.320 e. The molecule has 1 aliphatic heterocycles. The molecule has 1 heterocycles. The van der Waals surface area contributed by atoms with Crippen LogP contribution in [0.3, 0.4) is 0 Å². The lowest BCUT2D eigenvalue weighted by atomic mass is 10.1. The Kier molecular flexibility index (Phi) is 4.34. The predicted octanol–water partition coefficient (Wildman–Crippen LogP) is 1.06. The molecule has 0 aliphatic carbocycles. The summed E-state index contributed by atoms with van der Waals surface area (Å²) in [6, 6.07) is 4.90. The quantitative estimate of drug-likeness (QED) is 0.899. The van der Waals surface area contributed by atoms with Gasteiger partial charge in [0.05, 0.1) is 0 Å². The van der Waals surface area contributed by atoms with Crippen LogP contribution < -0.4 is 0 Å². The van der Waals surface area contributed by atoms with Crippen molar-refractivity contribution in [3.8, 4) is 0 Å². The minimum absolute atomic E-state index is 0.146. The molecule has 0 aromatic heterocycles. The van der Waals surface area contributed by atoms with Crippen LogP contribution in [-0.4, -0.2) is 59.0 Å². The molecule has 2 rings (SSSR count). The summed E-state index contributed by atoms with van der Waals surface area (Å²) < 4.78 is 12.8. The molecule has 1 amide bonds. The van der Waals surface area contributed by atoms with E-state index in [1.165, 1.54) is 24.3 Å². The van der Waals surface area contributed by atoms with Crippen LogP contribution >= 0.6 is 0 Å². The Labute approximate surface area is 116 Å². The highest BCUT2D eigenvalue weighted by molar-refractivity contribution is 5.94. The third-order valence-electron chi connectivity index (χ3n) is 3.60. The standard InChI is InChI=1S/C14H17FN2O3/c1-10(14(19)20)16-6-8-17(9-7-16)13(18)11-2-4-12(15)5-3-11/h2-5,10H,6-9H2,1H3,(H,19,20)/t10-/m0/s1. The molecule has 0 spiro atoms. The summed E-state index contributed by atoms with van der Waals surface area (Å²) in [5.74, 6) is -1.38. The van der Waals surface area contributed by atoms with Crippen LogP contribution in [0.15, 0.2) is 24.3 Å². The van der Waals surface area contributed by atoms with E-state index < -0.39 is 12.0 Å². The average molecular weight is 280 g/mol. The first-order valence-electron chi connectivity index (χ1n) is 6.50. The zero-order valence-electron chi connectivity index (χ0n) is 11.3. The molecule has 1 saturated heterocycles. The second kappa shape index (κ2) is 6.00. The lowest BCUT2D eigenvalue weighted by Gasteiger charge is -2.36. The Hall–Kier alpha value is -1.95. The van der Waals surface area contributed by atoms with Crippen molar-refractivity contribution in [3.05, 3.63) is 35.6 Å². The van der Waals surface area contributed by atoms with Gasteiger partial charge in [-0.1, -0.05) is 0 Å². The monoisotopic (exact) mass is 280 g/mol. The molecular formula is C14H17FN2O3. The molecule has 0 radical (unpaired) electrons. The predicted molar refractivity (Wildman–Crippen MR) is 71.0 cm³/mol. The van der Waals surface area contributed by atoms with Crippen LogP contribution in [0.4, 0.5) is 4.39 Å². The number of carboxylic acid groups (broad SMARTS) is 1. The van der Waals surface area contributed by atoms with Gasteiger partial charge in [-0.05, 0) is 31.2 Å². The number of amides is 1. The van der Waals surface area contributed by atoms with E-state index >= 15 is 0 Å². The molecule has 5 nitrogen and oxygen atoms in total. The molecule has 1 aromatic carbocycles. The number of hydrogen-bond acceptors (Lipinski definition) is 3. The van der Waals surface area contributed by atoms with Crippen molar-refractivity contribution in [1.29, 1.82) is 0 Å². The van der Waals surface area contributed by atoms with Crippen molar-refractivity contribution in [3.63, 3.8) is 0 Å². The molecule has 0 unspecified atom stereocenters. The second-order valence-corrected chi connectivity index (χ2v) is 4.85. The van der Waals surface area contributed by atoms with Gasteiger partial charge in [-0.2, -0.15) is 0 Å². The van der Waals surface area contributed by atoms with Gasteiger partial charge in [-0.15, -0.1) is 0 Å². The van der Waals surface area contributed by atoms with Crippen molar-refractivity contribution in [2.75, 3.05) is 26.2 Å². The van der Waals surface area contributed by atoms with E-state index in [0.717, 1.165) is 0 Å². The first-order valence-corrected chi connectivity index (χ1v) is 6.50. The number of carbonyl (C=O) groups is 2. The van der Waals surface area contributed by atoms with E-state index in [1.54, 1.807) is 11.8 Å². The fraction of sp³-hybridized carbons (Fsp3) is 0.429. The third kappa shape index (κ3) is 3.14. The van der Waals surface area contributed by atoms with E-state index in [1.807, 2.05) is 4.90 Å². The van der Waals surface area contributed by atoms with Crippen LogP contribution in [-0.2, 0) is 4.79 Å². The van der Waals surface area contributed by atoms with E-state index in [2.05, 4.69) is 0 Å². The number of piperazine rings is 1. The summed E-state index contributed by atoms with van der Waals surface area (Å²) in [6.45, 7) is 3.66. The Morgan fingerprint density at radius 3 is 2.20 bits per heavy atom. The van der Waals surface area contributed by atoms with Crippen LogP contribution in [0.5, 0.6) is 0 Å². The molecule has 0 saturated carbocycles. The normalized spacial score (nSPS) is 17.8. The van der Waals surface area contributed by atoms with Crippen LogP contribution in [0.1, 0.15) is 17.3 Å². The molecule has 6 heteroatoms. The SMILES string of the molecule is C[C@@H](C(=O)O)N1CCN(C(=O)c2ccc(F)cc2)CC1. The van der Waals surface area contributed by atoms with Crippen molar-refractivity contribution in [2.24, 2.45) is 0 Å². The number of aliphatic carboxylic acids is 1. The van der Waals surface area contributed by atoms with Gasteiger partial charge in [-0.3, -0.25) is 14.5 Å². The fourth-order valence-electron chi connectivity index (χ4n) is 2.24. The first-order chi connectivity index (χ1) is 9.49. The molecule has 1 atom stereocenters. The summed E-state index contributed by atoms with van der Waals surface area (Å²) >= 11 is 0. The zero-order valence-corrected chi connectivity index (χ0v) is 11.3. The minimum atomic E-state index is -0.858. The van der Waals surface area contributed by atoms with Crippen molar-refractivity contribution in [2.45, 2.75) is 13.0 Å². The van der Waals surface area contributed by atoms with Gasteiger partial charge in [0.15, 0.2) is 0 Å². The van der Waals surface area contributed by atoms with Crippen molar-refractivity contribution >= 4 is 11.9 Å². The number of nitrogens with zero attached hydrogens (tertiary/aromatic N) is 2. The van der Waals surface area contributed by atoms with Crippen LogP contribution in [0.2, 0.25) is 0 Å². The molecule has 1 aliphatic rings. The maximum atomic E-state index is 12.8. The number of hydrogen-bond donors (Lipinski definition) is 1. The third-order valence-corrected chi connectivity index (χ3v) is 3.60. The van der Waals surface area contributed by atoms with Gasteiger partial charge in [0.1, 0.15) is 11.9 Å². The molecule has 1 fully saturated rings. The van der Waals surface area contributed by atoms with E-state index in [0.29, 0.717) is 31.7 Å². The Bertz CT molecular complexity index is 496. The zero-order chi connectivity index (χ0) is 14.7. The van der Waals surface area contributed by atoms with Gasteiger partial charge < -0.3 is 10.0 Å². The highest BCUT2D eigenvalue weighted by atomic mass is 19.1. The summed E-state index contributed by atoms with van der Waals surface area (Å²) in [4.78, 5) is 26.6. The number of carbonyl (C=O) groups excluding carboxylic acids is 1. The number of halogens is 1. The lowest BCUT2D eigenvalue weighted by molar-refractivity contribution is -0.143. The Balaban J connectivity index is 1.95. The van der Waals surface area contributed by atoms with Gasteiger partial charge >= 0.3 is 5.97 Å². The van der Waals surface area contributed by atoms with Crippen LogP contribution in [0, 0.1) is 5.82 Å². The smallest absolute Gasteiger partial charge is 0.320 e. The summed E-state index contributed by atoms with van der Waals surface area (Å²) in [7, 11) is 0. The summed E-state index contributed by atoms with van der Waals surface area (Å²) in [5, 5.41) is 8.96. The molecule has 108 valence electrons. The lowest BCUT2D eigenvalue weighted by Crippen LogP contribution is -2.53. The maximum absolute atomic E-state index is 12.8. The van der Waals surface area contributed by atoms with Gasteiger partial charge in [-0.25, -0.2) is 4.39 Å². The average Bonchev–Trinajstić information content (AvgIpc) is 2.46. The van der Waals surface area contributed by atoms with Gasteiger partial charge in [0, 0.05) is 31.7 Å². The fourth-order valence-corrected chi connectivity index (χ4v) is 2.24. The highest BCUT2D eigenvalue weighted by Crippen LogP contribution is 2.11. The molecule has 20 heavy (non-hydrogen) atoms. The minimum Gasteiger partial charge on any atom is -0.480 e. The molecule has 0 bridgehead atoms. The summed E-state index contributed by atoms with van der Waals surface area (Å²) in [6.07, 6.45) is 0. The number of rotatable bonds is 3. The highest BCUT2D eigenvalue weighted by Gasteiger charge is 2.27. The van der Waals surface area contributed by atoms with E-state index in [9.17, 15) is 14.0 Å². The topological polar surface area (TPSA) is 60.9 Å². The number of carboxylic acids is 1. The van der Waals surface area contributed by atoms with Gasteiger partial charge in [0.2, 0.25) is 0 Å². The Morgan fingerprint density at radius 1 is 1.15 bits per heavy atom. The van der Waals surface area contributed by atoms with Crippen molar-refractivity contribution < 1.29 is 19.1 Å². The van der Waals surface area contributed by atoms with Crippen molar-refractivity contribution in [1.82, 2.24) is 9.80 Å². The molecule has 1 N–H and O–H groups in total. The van der Waals surface area contributed by atoms with E-state index in [4.69, 9.17) is 5.11 Å². The number of benzene rings is 1. The molecular weight excluding hydrogens is 263 g/mol. The first kappa shape index (κ1) is 14.5. The van der Waals surface area contributed by atoms with Crippen LogP contribution in [0.25, 0.3) is 0 Å².